The highest BCUT2D eigenvalue weighted by atomic mass is 32.1. The number of carbonyl (C=O) groups excluding carboxylic acids is 1. The van der Waals surface area contributed by atoms with Crippen molar-refractivity contribution in [3.05, 3.63) is 34.7 Å². The van der Waals surface area contributed by atoms with E-state index in [0.717, 1.165) is 36.9 Å². The molecule has 6 rings (SSSR count). The second kappa shape index (κ2) is 7.23. The van der Waals surface area contributed by atoms with E-state index in [1.54, 1.807) is 11.3 Å². The minimum absolute atomic E-state index is 0.154. The molecule has 4 saturated heterocycles. The maximum atomic E-state index is 13.3. The van der Waals surface area contributed by atoms with Crippen molar-refractivity contribution in [1.29, 1.82) is 0 Å². The summed E-state index contributed by atoms with van der Waals surface area (Å²) in [5.41, 5.74) is 1.58. The summed E-state index contributed by atoms with van der Waals surface area (Å²) in [7, 11) is 0. The molecule has 28 heavy (non-hydrogen) atoms. The SMILES string of the molecule is CC1(C)[C@H](CC(=O)c2cc3cccc(C4CCOCC4)c3s2)C2CCN1CC2. The number of rotatable bonds is 4. The molecular weight excluding hydrogens is 366 g/mol. The van der Waals surface area contributed by atoms with Crippen molar-refractivity contribution in [2.24, 2.45) is 11.8 Å². The van der Waals surface area contributed by atoms with E-state index in [4.69, 9.17) is 4.74 Å². The number of hydrogen-bond acceptors (Lipinski definition) is 4. The van der Waals surface area contributed by atoms with E-state index in [1.165, 1.54) is 41.6 Å². The van der Waals surface area contributed by atoms with Crippen LogP contribution in [0.5, 0.6) is 0 Å². The predicted octanol–water partition coefficient (Wildman–Crippen LogP) is 5.49. The zero-order valence-corrected chi connectivity index (χ0v) is 17.9. The molecule has 1 aromatic heterocycles. The van der Waals surface area contributed by atoms with Gasteiger partial charge in [0.05, 0.1) is 4.88 Å². The highest BCUT2D eigenvalue weighted by molar-refractivity contribution is 7.21. The third kappa shape index (κ3) is 3.14. The van der Waals surface area contributed by atoms with E-state index >= 15 is 0 Å². The van der Waals surface area contributed by atoms with Crippen LogP contribution in [0, 0.1) is 11.8 Å². The molecule has 2 bridgehead atoms. The first-order valence-electron chi connectivity index (χ1n) is 10.9. The number of nitrogens with zero attached hydrogens (tertiary/aromatic N) is 1. The average Bonchev–Trinajstić information content (AvgIpc) is 3.16. The topological polar surface area (TPSA) is 29.5 Å². The van der Waals surface area contributed by atoms with E-state index in [2.05, 4.69) is 43.0 Å². The standard InChI is InChI=1S/C24H31NO2S/c1-24(2)20(17-6-10-25(24)11-7-17)15-21(26)22-14-18-4-3-5-19(23(18)28-22)16-8-12-27-13-9-16/h3-5,14,16-17,20H,6-13,15H2,1-2H3/t20-/m1/s1. The molecule has 150 valence electrons. The number of piperidine rings is 3. The minimum atomic E-state index is 0.154. The Morgan fingerprint density at radius 2 is 1.93 bits per heavy atom. The zero-order chi connectivity index (χ0) is 19.3. The maximum absolute atomic E-state index is 13.3. The van der Waals surface area contributed by atoms with Crippen LogP contribution in [-0.4, -0.2) is 42.5 Å². The lowest BCUT2D eigenvalue weighted by Gasteiger charge is -2.56. The van der Waals surface area contributed by atoms with Crippen LogP contribution in [0.3, 0.4) is 0 Å². The minimum Gasteiger partial charge on any atom is -0.381 e. The molecule has 1 aromatic carbocycles. The summed E-state index contributed by atoms with van der Waals surface area (Å²) >= 11 is 1.73. The van der Waals surface area contributed by atoms with E-state index in [-0.39, 0.29) is 5.54 Å². The Balaban J connectivity index is 1.41. The predicted molar refractivity (Wildman–Crippen MR) is 115 cm³/mol. The summed E-state index contributed by atoms with van der Waals surface area (Å²) in [6.07, 6.45) is 5.42. The first-order chi connectivity index (χ1) is 13.5. The number of ether oxygens (including phenoxy) is 1. The van der Waals surface area contributed by atoms with Crippen LogP contribution in [0.15, 0.2) is 24.3 Å². The zero-order valence-electron chi connectivity index (χ0n) is 17.1. The fourth-order valence-corrected chi connectivity index (χ4v) is 7.16. The Hall–Kier alpha value is -1.23. The molecule has 0 unspecified atom stereocenters. The van der Waals surface area contributed by atoms with Gasteiger partial charge < -0.3 is 4.74 Å². The normalized spacial score (nSPS) is 30.0. The van der Waals surface area contributed by atoms with E-state index < -0.39 is 0 Å². The summed E-state index contributed by atoms with van der Waals surface area (Å²) < 4.78 is 6.88. The van der Waals surface area contributed by atoms with Gasteiger partial charge in [-0.3, -0.25) is 9.69 Å². The van der Waals surface area contributed by atoms with Crippen molar-refractivity contribution in [1.82, 2.24) is 4.90 Å². The largest absolute Gasteiger partial charge is 0.381 e. The Morgan fingerprint density at radius 3 is 2.64 bits per heavy atom. The van der Waals surface area contributed by atoms with E-state index in [9.17, 15) is 4.79 Å². The Morgan fingerprint density at radius 1 is 1.18 bits per heavy atom. The lowest BCUT2D eigenvalue weighted by molar-refractivity contribution is -0.0643. The van der Waals surface area contributed by atoms with Gasteiger partial charge in [0.15, 0.2) is 5.78 Å². The fraction of sp³-hybridized carbons (Fsp3) is 0.625. The summed E-state index contributed by atoms with van der Waals surface area (Å²) in [6.45, 7) is 8.83. The van der Waals surface area contributed by atoms with Gasteiger partial charge in [0.25, 0.3) is 0 Å². The van der Waals surface area contributed by atoms with Crippen LogP contribution in [0.1, 0.15) is 67.1 Å². The Bertz CT molecular complexity index is 872. The Kier molecular flexibility index (Phi) is 4.85. The van der Waals surface area contributed by atoms with Crippen LogP contribution in [0.4, 0.5) is 0 Å². The molecule has 5 heterocycles. The molecule has 4 heteroatoms. The molecule has 0 saturated carbocycles. The molecule has 0 aliphatic carbocycles. The smallest absolute Gasteiger partial charge is 0.173 e. The van der Waals surface area contributed by atoms with Crippen molar-refractivity contribution >= 4 is 27.2 Å². The van der Waals surface area contributed by atoms with Crippen LogP contribution < -0.4 is 0 Å². The Labute approximate surface area is 172 Å². The van der Waals surface area contributed by atoms with Gasteiger partial charge in [-0.1, -0.05) is 18.2 Å². The summed E-state index contributed by atoms with van der Waals surface area (Å²) in [5.74, 6) is 2.13. The number of Topliss-reactive ketones (excluding diaryl/α,β-unsaturated/α-hetero) is 1. The average molecular weight is 398 g/mol. The molecule has 0 radical (unpaired) electrons. The summed E-state index contributed by atoms with van der Waals surface area (Å²) in [6, 6.07) is 8.74. The van der Waals surface area contributed by atoms with Gasteiger partial charge in [-0.15, -0.1) is 11.3 Å². The number of benzene rings is 1. The van der Waals surface area contributed by atoms with Gasteiger partial charge in [0, 0.05) is 29.9 Å². The van der Waals surface area contributed by atoms with Gasteiger partial charge in [0.1, 0.15) is 0 Å². The molecule has 1 atom stereocenters. The second-order valence-corrected chi connectivity index (χ2v) is 10.5. The number of hydrogen-bond donors (Lipinski definition) is 0. The van der Waals surface area contributed by atoms with Crippen molar-refractivity contribution in [2.45, 2.75) is 57.4 Å². The van der Waals surface area contributed by atoms with Crippen molar-refractivity contribution in [2.75, 3.05) is 26.3 Å². The second-order valence-electron chi connectivity index (χ2n) is 9.47. The van der Waals surface area contributed by atoms with Crippen molar-refractivity contribution in [3.8, 4) is 0 Å². The van der Waals surface area contributed by atoms with Crippen molar-refractivity contribution in [3.63, 3.8) is 0 Å². The highest BCUT2D eigenvalue weighted by Crippen LogP contribution is 2.46. The highest BCUT2D eigenvalue weighted by Gasteiger charge is 2.48. The van der Waals surface area contributed by atoms with E-state index in [1.807, 2.05) is 0 Å². The number of carbonyl (C=O) groups is 1. The number of fused-ring (bicyclic) bond motifs is 4. The lowest BCUT2D eigenvalue weighted by Crippen LogP contribution is -2.61. The van der Waals surface area contributed by atoms with Gasteiger partial charge in [-0.05, 0) is 87.4 Å². The molecule has 0 amide bonds. The number of ketones is 1. The van der Waals surface area contributed by atoms with Crippen LogP contribution in [0.2, 0.25) is 0 Å². The quantitative estimate of drug-likeness (QED) is 0.639. The first kappa shape index (κ1) is 18.8. The molecule has 0 N–H and O–H groups in total. The van der Waals surface area contributed by atoms with Gasteiger partial charge in [0.2, 0.25) is 0 Å². The molecule has 3 nitrogen and oxygen atoms in total. The summed E-state index contributed by atoms with van der Waals surface area (Å²) in [5, 5.41) is 1.24. The summed E-state index contributed by atoms with van der Waals surface area (Å²) in [4.78, 5) is 16.9. The molecular formula is C24H31NO2S. The molecule has 2 aromatic rings. The monoisotopic (exact) mass is 397 g/mol. The molecule has 0 spiro atoms. The lowest BCUT2D eigenvalue weighted by atomic mass is 9.65. The molecule has 4 fully saturated rings. The number of thiophene rings is 1. The molecule has 4 aliphatic heterocycles. The van der Waals surface area contributed by atoms with Crippen LogP contribution in [0.25, 0.3) is 10.1 Å². The van der Waals surface area contributed by atoms with Crippen LogP contribution >= 0.6 is 11.3 Å². The van der Waals surface area contributed by atoms with Gasteiger partial charge in [-0.2, -0.15) is 0 Å². The van der Waals surface area contributed by atoms with Crippen molar-refractivity contribution < 1.29 is 9.53 Å². The van der Waals surface area contributed by atoms with Gasteiger partial charge in [-0.25, -0.2) is 0 Å². The van der Waals surface area contributed by atoms with Crippen LogP contribution in [-0.2, 0) is 4.74 Å². The fourth-order valence-electron chi connectivity index (χ4n) is 5.96. The molecule has 4 aliphatic rings. The third-order valence-electron chi connectivity index (χ3n) is 7.75. The van der Waals surface area contributed by atoms with Gasteiger partial charge >= 0.3 is 0 Å². The van der Waals surface area contributed by atoms with E-state index in [0.29, 0.717) is 24.0 Å². The maximum Gasteiger partial charge on any atom is 0.173 e. The first-order valence-corrected chi connectivity index (χ1v) is 11.7. The third-order valence-corrected chi connectivity index (χ3v) is 8.99.